The average molecular weight is 307 g/mol. The van der Waals surface area contributed by atoms with Crippen LogP contribution in [0.25, 0.3) is 0 Å². The van der Waals surface area contributed by atoms with Crippen molar-refractivity contribution in [3.05, 3.63) is 57.8 Å². The lowest BCUT2D eigenvalue weighted by molar-refractivity contribution is 0.677. The van der Waals surface area contributed by atoms with Crippen molar-refractivity contribution in [1.82, 2.24) is 4.98 Å². The Balaban J connectivity index is 1.86. The summed E-state index contributed by atoms with van der Waals surface area (Å²) in [6.07, 6.45) is 2.53. The Labute approximate surface area is 129 Å². The van der Waals surface area contributed by atoms with E-state index in [1.165, 1.54) is 18.4 Å². The highest BCUT2D eigenvalue weighted by Crippen LogP contribution is 2.43. The summed E-state index contributed by atoms with van der Waals surface area (Å²) in [6.45, 7) is 1.97. The number of aryl methyl sites for hydroxylation is 1. The zero-order chi connectivity index (χ0) is 14.1. The van der Waals surface area contributed by atoms with Crippen LogP contribution in [0.3, 0.4) is 0 Å². The first-order valence-corrected chi connectivity index (χ1v) is 7.54. The summed E-state index contributed by atoms with van der Waals surface area (Å²) in [5.74, 6) is 0.686. The van der Waals surface area contributed by atoms with Crippen molar-refractivity contribution in [3.63, 3.8) is 0 Å². The maximum atomic E-state index is 5.97. The second kappa shape index (κ2) is 5.63. The Bertz CT molecular complexity index is 606. The molecule has 20 heavy (non-hydrogen) atoms. The summed E-state index contributed by atoms with van der Waals surface area (Å²) in [5, 5.41) is 4.91. The fraction of sp³-hybridized carbons (Fsp3) is 0.312. The molecule has 2 aromatic rings. The SMILES string of the molecule is Cc1nc(Cl)ccc1NC(c1ccc(Cl)cc1)C1CC1. The monoisotopic (exact) mass is 306 g/mol. The van der Waals surface area contributed by atoms with Gasteiger partial charge in [-0.3, -0.25) is 0 Å². The zero-order valence-electron chi connectivity index (χ0n) is 11.2. The third kappa shape index (κ3) is 3.08. The summed E-state index contributed by atoms with van der Waals surface area (Å²) < 4.78 is 0. The predicted octanol–water partition coefficient (Wildman–Crippen LogP) is 5.26. The fourth-order valence-corrected chi connectivity index (χ4v) is 2.74. The van der Waals surface area contributed by atoms with Crippen LogP contribution in [0.15, 0.2) is 36.4 Å². The molecule has 0 amide bonds. The van der Waals surface area contributed by atoms with Crippen LogP contribution in [0.4, 0.5) is 5.69 Å². The number of benzene rings is 1. The minimum absolute atomic E-state index is 0.314. The summed E-state index contributed by atoms with van der Waals surface area (Å²) in [6, 6.07) is 12.2. The van der Waals surface area contributed by atoms with Gasteiger partial charge in [0.2, 0.25) is 0 Å². The topological polar surface area (TPSA) is 24.9 Å². The largest absolute Gasteiger partial charge is 0.376 e. The van der Waals surface area contributed by atoms with E-state index in [1.807, 2.05) is 31.2 Å². The molecule has 3 rings (SSSR count). The number of hydrogen-bond acceptors (Lipinski definition) is 2. The second-order valence-corrected chi connectivity index (χ2v) is 6.10. The average Bonchev–Trinajstić information content (AvgIpc) is 3.24. The first kappa shape index (κ1) is 13.7. The van der Waals surface area contributed by atoms with Crippen LogP contribution >= 0.6 is 23.2 Å². The lowest BCUT2D eigenvalue weighted by atomic mass is 10.0. The highest BCUT2D eigenvalue weighted by atomic mass is 35.5. The Kier molecular flexibility index (Phi) is 3.86. The maximum Gasteiger partial charge on any atom is 0.129 e. The molecule has 0 saturated heterocycles. The van der Waals surface area contributed by atoms with Gasteiger partial charge in [-0.1, -0.05) is 35.3 Å². The number of nitrogens with one attached hydrogen (secondary N) is 1. The molecule has 0 spiro atoms. The molecule has 0 aliphatic heterocycles. The zero-order valence-corrected chi connectivity index (χ0v) is 12.7. The van der Waals surface area contributed by atoms with E-state index >= 15 is 0 Å². The smallest absolute Gasteiger partial charge is 0.129 e. The van der Waals surface area contributed by atoms with Gasteiger partial charge >= 0.3 is 0 Å². The van der Waals surface area contributed by atoms with Gasteiger partial charge in [0.15, 0.2) is 0 Å². The molecule has 0 radical (unpaired) electrons. The second-order valence-electron chi connectivity index (χ2n) is 5.28. The van der Waals surface area contributed by atoms with Gasteiger partial charge in [0, 0.05) is 5.02 Å². The molecule has 1 saturated carbocycles. The highest BCUT2D eigenvalue weighted by molar-refractivity contribution is 6.30. The van der Waals surface area contributed by atoms with Gasteiger partial charge in [0.05, 0.1) is 17.4 Å². The Morgan fingerprint density at radius 2 is 1.80 bits per heavy atom. The molecule has 1 N–H and O–H groups in total. The van der Waals surface area contributed by atoms with E-state index in [1.54, 1.807) is 0 Å². The van der Waals surface area contributed by atoms with Crippen molar-refractivity contribution < 1.29 is 0 Å². The van der Waals surface area contributed by atoms with Gasteiger partial charge in [0.1, 0.15) is 5.15 Å². The summed E-state index contributed by atoms with van der Waals surface area (Å²) >= 11 is 11.9. The fourth-order valence-electron chi connectivity index (χ4n) is 2.42. The molecular weight excluding hydrogens is 291 g/mol. The molecule has 1 aromatic heterocycles. The van der Waals surface area contributed by atoms with Gasteiger partial charge < -0.3 is 5.32 Å². The first-order valence-electron chi connectivity index (χ1n) is 6.78. The van der Waals surface area contributed by atoms with Crippen LogP contribution in [0.5, 0.6) is 0 Å². The molecule has 1 unspecified atom stereocenters. The molecule has 1 aromatic carbocycles. The lowest BCUT2D eigenvalue weighted by Crippen LogP contribution is -2.14. The molecule has 1 heterocycles. The number of rotatable bonds is 4. The van der Waals surface area contributed by atoms with Crippen molar-refractivity contribution in [1.29, 1.82) is 0 Å². The van der Waals surface area contributed by atoms with Crippen molar-refractivity contribution in [2.75, 3.05) is 5.32 Å². The molecule has 4 heteroatoms. The van der Waals surface area contributed by atoms with Crippen molar-refractivity contribution >= 4 is 28.9 Å². The van der Waals surface area contributed by atoms with E-state index in [4.69, 9.17) is 23.2 Å². The van der Waals surface area contributed by atoms with E-state index in [0.717, 1.165) is 16.4 Å². The normalized spacial score (nSPS) is 15.9. The lowest BCUT2D eigenvalue weighted by Gasteiger charge is -2.21. The van der Waals surface area contributed by atoms with Gasteiger partial charge in [-0.2, -0.15) is 0 Å². The number of hydrogen-bond donors (Lipinski definition) is 1. The van der Waals surface area contributed by atoms with E-state index in [9.17, 15) is 0 Å². The third-order valence-electron chi connectivity index (χ3n) is 3.69. The van der Waals surface area contributed by atoms with Crippen molar-refractivity contribution in [2.24, 2.45) is 5.92 Å². The number of nitrogens with zero attached hydrogens (tertiary/aromatic N) is 1. The number of anilines is 1. The molecule has 2 nitrogen and oxygen atoms in total. The maximum absolute atomic E-state index is 5.97. The summed E-state index contributed by atoms with van der Waals surface area (Å²) in [7, 11) is 0. The van der Waals surface area contributed by atoms with Crippen LogP contribution in [-0.2, 0) is 0 Å². The third-order valence-corrected chi connectivity index (χ3v) is 4.15. The number of pyridine rings is 1. The molecule has 1 aliphatic carbocycles. The minimum atomic E-state index is 0.314. The first-order chi connectivity index (χ1) is 9.63. The van der Waals surface area contributed by atoms with Crippen molar-refractivity contribution in [3.8, 4) is 0 Å². The van der Waals surface area contributed by atoms with Gasteiger partial charge in [-0.25, -0.2) is 4.98 Å². The molecule has 104 valence electrons. The van der Waals surface area contributed by atoms with E-state index in [0.29, 0.717) is 17.1 Å². The van der Waals surface area contributed by atoms with E-state index in [2.05, 4.69) is 22.4 Å². The Morgan fingerprint density at radius 1 is 1.10 bits per heavy atom. The van der Waals surface area contributed by atoms with Crippen LogP contribution < -0.4 is 5.32 Å². The van der Waals surface area contributed by atoms with Gasteiger partial charge in [-0.05, 0) is 55.5 Å². The van der Waals surface area contributed by atoms with Crippen LogP contribution in [-0.4, -0.2) is 4.98 Å². The number of halogens is 2. The molecular formula is C16H16Cl2N2. The Hall–Kier alpha value is -1.25. The van der Waals surface area contributed by atoms with E-state index in [-0.39, 0.29) is 0 Å². The summed E-state index contributed by atoms with van der Waals surface area (Å²) in [5.41, 5.74) is 3.24. The number of aromatic nitrogens is 1. The van der Waals surface area contributed by atoms with Crippen LogP contribution in [0.2, 0.25) is 10.2 Å². The Morgan fingerprint density at radius 3 is 2.40 bits per heavy atom. The minimum Gasteiger partial charge on any atom is -0.376 e. The molecule has 1 aliphatic rings. The van der Waals surface area contributed by atoms with Gasteiger partial charge in [0.25, 0.3) is 0 Å². The molecule has 1 fully saturated rings. The van der Waals surface area contributed by atoms with E-state index < -0.39 is 0 Å². The van der Waals surface area contributed by atoms with Gasteiger partial charge in [-0.15, -0.1) is 0 Å². The molecule has 0 bridgehead atoms. The standard InChI is InChI=1S/C16H16Cl2N2/c1-10-14(8-9-15(18)19-10)20-16(11-2-3-11)12-4-6-13(17)7-5-12/h4-9,11,16,20H,2-3H2,1H3. The van der Waals surface area contributed by atoms with Crippen LogP contribution in [0, 0.1) is 12.8 Å². The highest BCUT2D eigenvalue weighted by Gasteiger charge is 2.32. The quantitative estimate of drug-likeness (QED) is 0.779. The van der Waals surface area contributed by atoms with Crippen molar-refractivity contribution in [2.45, 2.75) is 25.8 Å². The van der Waals surface area contributed by atoms with Crippen LogP contribution in [0.1, 0.15) is 30.1 Å². The predicted molar refractivity (Wildman–Crippen MR) is 84.5 cm³/mol. The summed E-state index contributed by atoms with van der Waals surface area (Å²) in [4.78, 5) is 4.30. The molecule has 1 atom stereocenters.